The third kappa shape index (κ3) is 8.34. The van der Waals surface area contributed by atoms with Crippen molar-refractivity contribution in [1.29, 1.82) is 0 Å². The molecule has 0 aliphatic heterocycles. The number of alkyl carbamates (subject to hydrolysis) is 1. The Morgan fingerprint density at radius 2 is 1.84 bits per heavy atom. The molecule has 38 heavy (non-hydrogen) atoms. The third-order valence-corrected chi connectivity index (χ3v) is 4.92. The molecule has 1 aromatic carbocycles. The predicted octanol–water partition coefficient (Wildman–Crippen LogP) is 3.21. The lowest BCUT2D eigenvalue weighted by Gasteiger charge is -2.18. The molecule has 0 saturated carbocycles. The molecule has 0 aliphatic rings. The summed E-state index contributed by atoms with van der Waals surface area (Å²) in [5, 5.41) is 5.30. The summed E-state index contributed by atoms with van der Waals surface area (Å²) in [6, 6.07) is 11.5. The Kier molecular flexibility index (Phi) is 9.00. The number of ether oxygens (including phenoxy) is 2. The van der Waals surface area contributed by atoms with Gasteiger partial charge in [0.15, 0.2) is 0 Å². The van der Waals surface area contributed by atoms with Crippen molar-refractivity contribution >= 4 is 23.7 Å². The molecular weight excluding hydrogens is 488 g/mol. The van der Waals surface area contributed by atoms with Crippen LogP contribution in [-0.2, 0) is 20.8 Å². The number of methoxy groups -OCH3 is 1. The van der Waals surface area contributed by atoms with Crippen molar-refractivity contribution < 1.29 is 23.9 Å². The third-order valence-electron chi connectivity index (χ3n) is 4.92. The Bertz CT molecular complexity index is 1460. The van der Waals surface area contributed by atoms with Gasteiger partial charge in [0.25, 0.3) is 11.5 Å². The van der Waals surface area contributed by atoms with Crippen LogP contribution in [0.15, 0.2) is 65.8 Å². The van der Waals surface area contributed by atoms with Crippen LogP contribution in [0.4, 0.5) is 10.5 Å². The minimum absolute atomic E-state index is 0.113. The second-order valence-electron chi connectivity index (χ2n) is 9.11. The highest BCUT2D eigenvalue weighted by Gasteiger charge is 2.15. The van der Waals surface area contributed by atoms with E-state index in [1.54, 1.807) is 51.4 Å². The molecule has 10 heteroatoms. The van der Waals surface area contributed by atoms with Crippen LogP contribution in [0.1, 0.15) is 36.7 Å². The van der Waals surface area contributed by atoms with Crippen LogP contribution in [-0.4, -0.2) is 46.8 Å². The number of aromatic nitrogens is 2. The van der Waals surface area contributed by atoms with E-state index in [4.69, 9.17) is 4.74 Å². The highest BCUT2D eigenvalue weighted by molar-refractivity contribution is 6.04. The summed E-state index contributed by atoms with van der Waals surface area (Å²) in [5.74, 6) is 4.83. The van der Waals surface area contributed by atoms with Gasteiger partial charge in [0, 0.05) is 41.3 Å². The molecule has 3 aromatic rings. The van der Waals surface area contributed by atoms with E-state index in [9.17, 15) is 19.2 Å². The van der Waals surface area contributed by atoms with Gasteiger partial charge in [-0.2, -0.15) is 0 Å². The number of esters is 1. The van der Waals surface area contributed by atoms with Gasteiger partial charge >= 0.3 is 12.1 Å². The first kappa shape index (κ1) is 27.7. The van der Waals surface area contributed by atoms with Gasteiger partial charge in [-0.05, 0) is 50.6 Å². The molecule has 0 unspecified atom stereocenters. The topological polar surface area (TPSA) is 129 Å². The minimum Gasteiger partial charge on any atom is -0.468 e. The van der Waals surface area contributed by atoms with Crippen molar-refractivity contribution in [3.8, 4) is 23.0 Å². The van der Waals surface area contributed by atoms with Crippen LogP contribution >= 0.6 is 0 Å². The smallest absolute Gasteiger partial charge is 0.408 e. The molecular formula is C28H28N4O6. The Labute approximate surface area is 220 Å². The lowest BCUT2D eigenvalue weighted by atomic mass is 10.0. The molecule has 10 nitrogen and oxygen atoms in total. The zero-order valence-corrected chi connectivity index (χ0v) is 21.5. The number of amides is 2. The Morgan fingerprint density at radius 3 is 2.58 bits per heavy atom. The van der Waals surface area contributed by atoms with Gasteiger partial charge in [0.2, 0.25) is 0 Å². The number of hydrogen-bond donors (Lipinski definition) is 2. The van der Waals surface area contributed by atoms with E-state index in [0.717, 1.165) is 15.7 Å². The number of nitrogens with one attached hydrogen (secondary N) is 2. The Hall–Kier alpha value is -4.91. The largest absolute Gasteiger partial charge is 0.468 e. The fraction of sp³-hybridized carbons (Fsp3) is 0.250. The number of pyridine rings is 2. The molecule has 0 aliphatic carbocycles. The summed E-state index contributed by atoms with van der Waals surface area (Å²) in [4.78, 5) is 52.3. The first-order chi connectivity index (χ1) is 18.0. The molecule has 196 valence electrons. The standard InChI is InChI=1S/C28H28N4O6/c1-28(2,3)38-27(36)30-12-6-7-19-13-22(16-29-15-19)20-8-5-9-21(14-20)26(35)31-23-10-11-24(33)32(17-23)18-25(34)37-4/h5,8-11,13-17H,12,18H2,1-4H3,(H,30,36)(H,31,35). The van der Waals surface area contributed by atoms with E-state index in [0.29, 0.717) is 16.8 Å². The molecule has 0 bridgehead atoms. The maximum Gasteiger partial charge on any atom is 0.408 e. The normalized spacial score (nSPS) is 10.5. The van der Waals surface area contributed by atoms with Crippen molar-refractivity contribution in [2.75, 3.05) is 19.0 Å². The number of hydrogen-bond acceptors (Lipinski definition) is 7. The summed E-state index contributed by atoms with van der Waals surface area (Å²) in [5.41, 5.74) is 1.88. The predicted molar refractivity (Wildman–Crippen MR) is 141 cm³/mol. The Balaban J connectivity index is 1.70. The van der Waals surface area contributed by atoms with Crippen LogP contribution in [0.3, 0.4) is 0 Å². The molecule has 2 aromatic heterocycles. The first-order valence-corrected chi connectivity index (χ1v) is 11.6. The van der Waals surface area contributed by atoms with Crippen LogP contribution in [0.25, 0.3) is 11.1 Å². The van der Waals surface area contributed by atoms with Crippen molar-refractivity contribution in [3.63, 3.8) is 0 Å². The Morgan fingerprint density at radius 1 is 1.05 bits per heavy atom. The average molecular weight is 517 g/mol. The SMILES string of the molecule is COC(=O)Cn1cc(NC(=O)c2cccc(-c3cncc(C#CCNC(=O)OC(C)(C)C)c3)c2)ccc1=O. The second-order valence-corrected chi connectivity index (χ2v) is 9.11. The number of rotatable bonds is 6. The molecule has 3 rings (SSSR count). The fourth-order valence-electron chi connectivity index (χ4n) is 3.22. The zero-order chi connectivity index (χ0) is 27.7. The van der Waals surface area contributed by atoms with Gasteiger partial charge in [0.1, 0.15) is 12.1 Å². The van der Waals surface area contributed by atoms with Gasteiger partial charge in [-0.1, -0.05) is 24.0 Å². The first-order valence-electron chi connectivity index (χ1n) is 11.6. The van der Waals surface area contributed by atoms with Crippen molar-refractivity contribution in [1.82, 2.24) is 14.9 Å². The minimum atomic E-state index is -0.588. The number of benzene rings is 1. The quantitative estimate of drug-likeness (QED) is 0.380. The molecule has 0 spiro atoms. The monoisotopic (exact) mass is 516 g/mol. The fourth-order valence-corrected chi connectivity index (χ4v) is 3.22. The number of anilines is 1. The summed E-state index contributed by atoms with van der Waals surface area (Å²) < 4.78 is 10.9. The lowest BCUT2D eigenvalue weighted by molar-refractivity contribution is -0.141. The maximum atomic E-state index is 12.9. The van der Waals surface area contributed by atoms with E-state index in [2.05, 4.69) is 32.2 Å². The van der Waals surface area contributed by atoms with Gasteiger partial charge in [0.05, 0.1) is 19.3 Å². The summed E-state index contributed by atoms with van der Waals surface area (Å²) in [6.07, 6.45) is 4.09. The van der Waals surface area contributed by atoms with E-state index in [1.165, 1.54) is 25.4 Å². The molecule has 0 fully saturated rings. The molecule has 2 heterocycles. The summed E-state index contributed by atoms with van der Waals surface area (Å²) in [7, 11) is 1.23. The molecule has 0 atom stereocenters. The van der Waals surface area contributed by atoms with Gasteiger partial charge in [-0.25, -0.2) is 4.79 Å². The van der Waals surface area contributed by atoms with E-state index in [1.807, 2.05) is 12.1 Å². The highest BCUT2D eigenvalue weighted by Crippen LogP contribution is 2.21. The van der Waals surface area contributed by atoms with E-state index >= 15 is 0 Å². The van der Waals surface area contributed by atoms with Crippen LogP contribution in [0.2, 0.25) is 0 Å². The zero-order valence-electron chi connectivity index (χ0n) is 21.5. The number of nitrogens with zero attached hydrogens (tertiary/aromatic N) is 2. The molecule has 0 saturated heterocycles. The maximum absolute atomic E-state index is 12.9. The van der Waals surface area contributed by atoms with E-state index < -0.39 is 29.1 Å². The van der Waals surface area contributed by atoms with Crippen molar-refractivity contribution in [2.45, 2.75) is 32.9 Å². The molecule has 2 amide bonds. The molecule has 2 N–H and O–H groups in total. The summed E-state index contributed by atoms with van der Waals surface area (Å²) in [6.45, 7) is 5.18. The van der Waals surface area contributed by atoms with Crippen LogP contribution in [0.5, 0.6) is 0 Å². The highest BCUT2D eigenvalue weighted by atomic mass is 16.6. The molecule has 0 radical (unpaired) electrons. The second kappa shape index (κ2) is 12.4. The number of carbonyl (C=O) groups is 3. The van der Waals surface area contributed by atoms with Gasteiger partial charge in [-0.15, -0.1) is 0 Å². The van der Waals surface area contributed by atoms with Crippen LogP contribution in [0, 0.1) is 11.8 Å². The van der Waals surface area contributed by atoms with Crippen molar-refractivity contribution in [2.24, 2.45) is 0 Å². The lowest BCUT2D eigenvalue weighted by Crippen LogP contribution is -2.32. The van der Waals surface area contributed by atoms with Crippen molar-refractivity contribution in [3.05, 3.63) is 82.5 Å². The number of carbonyl (C=O) groups excluding carboxylic acids is 3. The summed E-state index contributed by atoms with van der Waals surface area (Å²) >= 11 is 0. The van der Waals surface area contributed by atoms with Crippen LogP contribution < -0.4 is 16.2 Å². The average Bonchev–Trinajstić information content (AvgIpc) is 2.87. The van der Waals surface area contributed by atoms with Gasteiger partial charge < -0.3 is 24.7 Å². The van der Waals surface area contributed by atoms with E-state index in [-0.39, 0.29) is 13.1 Å². The van der Waals surface area contributed by atoms with Gasteiger partial charge in [-0.3, -0.25) is 19.4 Å².